The van der Waals surface area contributed by atoms with Crippen molar-refractivity contribution in [2.45, 2.75) is 19.5 Å². The van der Waals surface area contributed by atoms with Gasteiger partial charge in [-0.15, -0.1) is 5.10 Å². The van der Waals surface area contributed by atoms with Gasteiger partial charge in [-0.2, -0.15) is 0 Å². The van der Waals surface area contributed by atoms with Crippen molar-refractivity contribution in [1.29, 1.82) is 0 Å². The van der Waals surface area contributed by atoms with Crippen molar-refractivity contribution in [2.75, 3.05) is 26.2 Å². The lowest BCUT2D eigenvalue weighted by atomic mass is 10.2. The van der Waals surface area contributed by atoms with E-state index in [0.717, 1.165) is 26.2 Å². The van der Waals surface area contributed by atoms with Crippen LogP contribution in [0.1, 0.15) is 6.92 Å². The Morgan fingerprint density at radius 3 is 3.11 bits per heavy atom. The smallest absolute Gasteiger partial charge is 0.314 e. The molecule has 0 aromatic carbocycles. The summed E-state index contributed by atoms with van der Waals surface area (Å²) in [6, 6.07) is 6.11. The zero-order valence-electron chi connectivity index (χ0n) is 11.1. The van der Waals surface area contributed by atoms with Gasteiger partial charge in [0.05, 0.1) is 6.54 Å². The van der Waals surface area contributed by atoms with Gasteiger partial charge >= 0.3 is 5.69 Å². The van der Waals surface area contributed by atoms with Crippen molar-refractivity contribution >= 4 is 5.65 Å². The van der Waals surface area contributed by atoms with Crippen LogP contribution >= 0.6 is 0 Å². The Hall–Kier alpha value is -1.66. The topological polar surface area (TPSA) is 54.6 Å². The third kappa shape index (κ3) is 2.41. The van der Waals surface area contributed by atoms with Gasteiger partial charge in [-0.1, -0.05) is 6.07 Å². The van der Waals surface area contributed by atoms with Crippen molar-refractivity contribution in [3.05, 3.63) is 34.9 Å². The number of nitrogens with zero attached hydrogens (tertiary/aromatic N) is 4. The predicted octanol–water partition coefficient (Wildman–Crippen LogP) is -0.210. The molecule has 1 aliphatic rings. The van der Waals surface area contributed by atoms with Crippen LogP contribution in [0.5, 0.6) is 0 Å². The van der Waals surface area contributed by atoms with Gasteiger partial charge in [-0.3, -0.25) is 9.30 Å². The first-order valence-corrected chi connectivity index (χ1v) is 6.75. The molecule has 0 saturated carbocycles. The van der Waals surface area contributed by atoms with Crippen molar-refractivity contribution in [3.8, 4) is 0 Å². The molecule has 0 bridgehead atoms. The summed E-state index contributed by atoms with van der Waals surface area (Å²) in [6.45, 7) is 6.78. The highest BCUT2D eigenvalue weighted by molar-refractivity contribution is 5.35. The Kier molecular flexibility index (Phi) is 3.35. The van der Waals surface area contributed by atoms with Crippen molar-refractivity contribution in [2.24, 2.45) is 0 Å². The molecule has 0 unspecified atom stereocenters. The zero-order chi connectivity index (χ0) is 13.2. The van der Waals surface area contributed by atoms with Crippen LogP contribution in [0.15, 0.2) is 29.2 Å². The van der Waals surface area contributed by atoms with Crippen LogP contribution < -0.4 is 11.0 Å². The summed E-state index contributed by atoms with van der Waals surface area (Å²) in [5.74, 6) is 0. The molecule has 3 rings (SSSR count). The summed E-state index contributed by atoms with van der Waals surface area (Å²) in [4.78, 5) is 14.5. The molecule has 0 spiro atoms. The molecule has 1 fully saturated rings. The first-order chi connectivity index (χ1) is 9.25. The molecule has 1 aliphatic heterocycles. The second-order valence-corrected chi connectivity index (χ2v) is 5.02. The minimum atomic E-state index is -0.0570. The average molecular weight is 261 g/mol. The Balaban J connectivity index is 1.75. The molecule has 19 heavy (non-hydrogen) atoms. The van der Waals surface area contributed by atoms with Crippen LogP contribution in [0.3, 0.4) is 0 Å². The maximum Gasteiger partial charge on any atom is 0.350 e. The molecular weight excluding hydrogens is 242 g/mol. The van der Waals surface area contributed by atoms with Gasteiger partial charge in [0.25, 0.3) is 0 Å². The predicted molar refractivity (Wildman–Crippen MR) is 73.4 cm³/mol. The van der Waals surface area contributed by atoms with Crippen LogP contribution in [0, 0.1) is 0 Å². The number of hydrogen-bond acceptors (Lipinski definition) is 4. The van der Waals surface area contributed by atoms with E-state index in [1.165, 1.54) is 0 Å². The molecule has 2 aromatic heterocycles. The van der Waals surface area contributed by atoms with E-state index < -0.39 is 0 Å². The molecule has 0 radical (unpaired) electrons. The minimum absolute atomic E-state index is 0.0570. The first kappa shape index (κ1) is 12.4. The van der Waals surface area contributed by atoms with Crippen molar-refractivity contribution in [3.63, 3.8) is 0 Å². The summed E-state index contributed by atoms with van der Waals surface area (Å²) in [7, 11) is 0. The third-order valence-corrected chi connectivity index (χ3v) is 3.73. The van der Waals surface area contributed by atoms with E-state index in [9.17, 15) is 4.79 Å². The molecule has 1 N–H and O–H groups in total. The average Bonchev–Trinajstić information content (AvgIpc) is 2.75. The fourth-order valence-electron chi connectivity index (χ4n) is 2.55. The lowest BCUT2D eigenvalue weighted by Gasteiger charge is -2.33. The maximum absolute atomic E-state index is 12.1. The van der Waals surface area contributed by atoms with Gasteiger partial charge in [0.1, 0.15) is 0 Å². The summed E-state index contributed by atoms with van der Waals surface area (Å²) < 4.78 is 3.14. The molecular formula is C13H19N5O. The Morgan fingerprint density at radius 2 is 2.32 bits per heavy atom. The van der Waals surface area contributed by atoms with Gasteiger partial charge < -0.3 is 5.32 Å². The van der Waals surface area contributed by atoms with E-state index in [-0.39, 0.29) is 5.69 Å². The van der Waals surface area contributed by atoms with Crippen LogP contribution in [-0.4, -0.2) is 51.3 Å². The SMILES string of the molecule is C[C@@H]1CNCCN1CCn1nc2ccccn2c1=O. The maximum atomic E-state index is 12.1. The number of pyridine rings is 1. The fourth-order valence-corrected chi connectivity index (χ4v) is 2.55. The van der Waals surface area contributed by atoms with Gasteiger partial charge in [0.15, 0.2) is 5.65 Å². The van der Waals surface area contributed by atoms with Crippen molar-refractivity contribution in [1.82, 2.24) is 24.4 Å². The summed E-state index contributed by atoms with van der Waals surface area (Å²) >= 11 is 0. The molecule has 1 atom stereocenters. The Morgan fingerprint density at radius 1 is 1.42 bits per heavy atom. The first-order valence-electron chi connectivity index (χ1n) is 6.75. The summed E-state index contributed by atoms with van der Waals surface area (Å²) in [5, 5.41) is 7.71. The van der Waals surface area contributed by atoms with E-state index in [1.54, 1.807) is 15.3 Å². The molecule has 0 aliphatic carbocycles. The second kappa shape index (κ2) is 5.14. The Bertz CT molecular complexity index is 617. The highest BCUT2D eigenvalue weighted by atomic mass is 16.2. The number of fused-ring (bicyclic) bond motifs is 1. The Labute approximate surface area is 111 Å². The fraction of sp³-hybridized carbons (Fsp3) is 0.538. The summed E-state index contributed by atoms with van der Waals surface area (Å²) in [6.07, 6.45) is 1.76. The van der Waals surface area contributed by atoms with Gasteiger partial charge in [0, 0.05) is 38.4 Å². The molecule has 6 nitrogen and oxygen atoms in total. The van der Waals surface area contributed by atoms with Gasteiger partial charge in [-0.25, -0.2) is 9.48 Å². The number of aromatic nitrogens is 3. The van der Waals surface area contributed by atoms with Crippen LogP contribution in [0.4, 0.5) is 0 Å². The largest absolute Gasteiger partial charge is 0.350 e. The monoisotopic (exact) mass is 261 g/mol. The minimum Gasteiger partial charge on any atom is -0.314 e. The molecule has 2 aromatic rings. The quantitative estimate of drug-likeness (QED) is 0.830. The van der Waals surface area contributed by atoms with E-state index >= 15 is 0 Å². The summed E-state index contributed by atoms with van der Waals surface area (Å²) in [5.41, 5.74) is 0.652. The van der Waals surface area contributed by atoms with E-state index in [1.807, 2.05) is 18.2 Å². The van der Waals surface area contributed by atoms with Gasteiger partial charge in [-0.05, 0) is 19.1 Å². The van der Waals surface area contributed by atoms with Crippen LogP contribution in [0.25, 0.3) is 5.65 Å². The molecule has 0 amide bonds. The lowest BCUT2D eigenvalue weighted by Crippen LogP contribution is -2.50. The highest BCUT2D eigenvalue weighted by Crippen LogP contribution is 2.02. The lowest BCUT2D eigenvalue weighted by molar-refractivity contribution is 0.165. The zero-order valence-corrected chi connectivity index (χ0v) is 11.1. The number of hydrogen-bond donors (Lipinski definition) is 1. The van der Waals surface area contributed by atoms with Crippen LogP contribution in [0.2, 0.25) is 0 Å². The number of rotatable bonds is 3. The highest BCUT2D eigenvalue weighted by Gasteiger charge is 2.17. The second-order valence-electron chi connectivity index (χ2n) is 5.02. The van der Waals surface area contributed by atoms with Crippen LogP contribution in [-0.2, 0) is 6.54 Å². The number of nitrogens with one attached hydrogen (secondary N) is 1. The van der Waals surface area contributed by atoms with Gasteiger partial charge in [0.2, 0.25) is 0 Å². The van der Waals surface area contributed by atoms with E-state index in [2.05, 4.69) is 22.2 Å². The van der Waals surface area contributed by atoms with Crippen molar-refractivity contribution < 1.29 is 0 Å². The van der Waals surface area contributed by atoms with E-state index in [0.29, 0.717) is 18.2 Å². The molecule has 1 saturated heterocycles. The normalized spacial score (nSPS) is 21.0. The molecule has 102 valence electrons. The molecule has 3 heterocycles. The third-order valence-electron chi connectivity index (χ3n) is 3.73. The van der Waals surface area contributed by atoms with E-state index in [4.69, 9.17) is 0 Å². The molecule has 6 heteroatoms. The standard InChI is InChI=1S/C13H19N5O/c1-11-10-14-5-7-16(11)8-9-18-13(19)17-6-3-2-4-12(17)15-18/h2-4,6,11,14H,5,7-10H2,1H3/t11-/m1/s1. The number of piperazine rings is 1.